The van der Waals surface area contributed by atoms with Crippen LogP contribution in [0.5, 0.6) is 0 Å². The van der Waals surface area contributed by atoms with E-state index < -0.39 is 11.7 Å². The van der Waals surface area contributed by atoms with Gasteiger partial charge in [0.2, 0.25) is 11.8 Å². The van der Waals surface area contributed by atoms with E-state index in [9.17, 15) is 14.0 Å². The van der Waals surface area contributed by atoms with Gasteiger partial charge in [-0.25, -0.2) is 4.39 Å². The molecule has 0 radical (unpaired) electrons. The highest BCUT2D eigenvalue weighted by atomic mass is 35.5. The molecule has 0 spiro atoms. The Hall–Kier alpha value is -1.66. The van der Waals surface area contributed by atoms with Crippen LogP contribution in [0, 0.1) is 11.7 Å². The smallest absolute Gasteiger partial charge is 0.227 e. The van der Waals surface area contributed by atoms with Crippen molar-refractivity contribution < 1.29 is 19.1 Å². The van der Waals surface area contributed by atoms with Crippen LogP contribution < -0.4 is 10.2 Å². The number of nitrogens with one attached hydrogen (secondary N) is 1. The molecule has 0 saturated carbocycles. The molecule has 1 aliphatic rings. The van der Waals surface area contributed by atoms with Crippen molar-refractivity contribution in [2.24, 2.45) is 5.92 Å². The molecule has 1 saturated heterocycles. The number of carbonyl (C=O) groups is 2. The Morgan fingerprint density at radius 3 is 2.95 bits per heavy atom. The van der Waals surface area contributed by atoms with E-state index in [1.165, 1.54) is 23.1 Å². The fraction of sp³-hybridized carbons (Fsp3) is 0.385. The van der Waals surface area contributed by atoms with Crippen molar-refractivity contribution in [2.75, 3.05) is 24.6 Å². The van der Waals surface area contributed by atoms with Gasteiger partial charge in [0.05, 0.1) is 17.5 Å². The predicted molar refractivity (Wildman–Crippen MR) is 72.0 cm³/mol. The molecule has 7 heteroatoms. The number of hydrogen-bond acceptors (Lipinski definition) is 3. The highest BCUT2D eigenvalue weighted by molar-refractivity contribution is 6.30. The molecular formula is C13H14ClFN2O3. The van der Waals surface area contributed by atoms with Gasteiger partial charge in [-0.1, -0.05) is 11.6 Å². The monoisotopic (exact) mass is 300 g/mol. The van der Waals surface area contributed by atoms with Crippen LogP contribution in [0.4, 0.5) is 10.1 Å². The van der Waals surface area contributed by atoms with E-state index in [2.05, 4.69) is 5.32 Å². The number of benzene rings is 1. The van der Waals surface area contributed by atoms with Gasteiger partial charge in [0.25, 0.3) is 0 Å². The molecule has 20 heavy (non-hydrogen) atoms. The van der Waals surface area contributed by atoms with Crippen molar-refractivity contribution in [2.45, 2.75) is 6.42 Å². The minimum Gasteiger partial charge on any atom is -0.395 e. The number of anilines is 1. The van der Waals surface area contributed by atoms with E-state index >= 15 is 0 Å². The van der Waals surface area contributed by atoms with Gasteiger partial charge in [-0.15, -0.1) is 0 Å². The van der Waals surface area contributed by atoms with Crippen molar-refractivity contribution in [3.63, 3.8) is 0 Å². The minimum atomic E-state index is -0.606. The van der Waals surface area contributed by atoms with Crippen LogP contribution >= 0.6 is 11.6 Å². The zero-order chi connectivity index (χ0) is 14.7. The quantitative estimate of drug-likeness (QED) is 0.869. The number of carbonyl (C=O) groups excluding carboxylic acids is 2. The minimum absolute atomic E-state index is 0.0161. The third kappa shape index (κ3) is 3.08. The highest BCUT2D eigenvalue weighted by Crippen LogP contribution is 2.28. The summed E-state index contributed by atoms with van der Waals surface area (Å²) in [5.41, 5.74) is 0.384. The summed E-state index contributed by atoms with van der Waals surface area (Å²) >= 11 is 5.59. The highest BCUT2D eigenvalue weighted by Gasteiger charge is 2.35. The van der Waals surface area contributed by atoms with Gasteiger partial charge in [-0.05, 0) is 18.2 Å². The van der Waals surface area contributed by atoms with Crippen LogP contribution in [-0.4, -0.2) is 36.6 Å². The Labute approximate surface area is 120 Å². The van der Waals surface area contributed by atoms with E-state index in [-0.39, 0.29) is 43.0 Å². The van der Waals surface area contributed by atoms with Crippen LogP contribution in [0.2, 0.25) is 5.02 Å². The maximum atomic E-state index is 13.4. The second-order valence-electron chi connectivity index (χ2n) is 4.52. The zero-order valence-electron chi connectivity index (χ0n) is 10.6. The summed E-state index contributed by atoms with van der Waals surface area (Å²) in [5, 5.41) is 11.2. The van der Waals surface area contributed by atoms with Gasteiger partial charge in [0.1, 0.15) is 5.82 Å². The van der Waals surface area contributed by atoms with Crippen LogP contribution in [-0.2, 0) is 9.59 Å². The summed E-state index contributed by atoms with van der Waals surface area (Å²) in [5.74, 6) is -1.63. The van der Waals surface area contributed by atoms with E-state index in [1.54, 1.807) is 0 Å². The van der Waals surface area contributed by atoms with Crippen molar-refractivity contribution >= 4 is 29.1 Å². The lowest BCUT2D eigenvalue weighted by Crippen LogP contribution is -2.34. The molecule has 2 amide bonds. The SMILES string of the molecule is O=C(NCCO)C1CC(=O)N(c2ccc(Cl)c(F)c2)C1. The summed E-state index contributed by atoms with van der Waals surface area (Å²) in [4.78, 5) is 25.0. The lowest BCUT2D eigenvalue weighted by molar-refractivity contribution is -0.126. The standard InChI is InChI=1S/C13H14ClFN2O3/c14-10-2-1-9(6-11(10)15)17-7-8(5-12(17)19)13(20)16-3-4-18/h1-2,6,8,18H,3-5,7H2,(H,16,20). The van der Waals surface area contributed by atoms with Crippen LogP contribution in [0.25, 0.3) is 0 Å². The lowest BCUT2D eigenvalue weighted by Gasteiger charge is -2.17. The molecule has 108 valence electrons. The molecule has 1 aromatic carbocycles. The van der Waals surface area contributed by atoms with Gasteiger partial charge in [-0.3, -0.25) is 9.59 Å². The van der Waals surface area contributed by atoms with Crippen LogP contribution in [0.15, 0.2) is 18.2 Å². The van der Waals surface area contributed by atoms with Crippen molar-refractivity contribution in [3.8, 4) is 0 Å². The zero-order valence-corrected chi connectivity index (χ0v) is 11.4. The molecule has 1 unspecified atom stereocenters. The van der Waals surface area contributed by atoms with E-state index in [4.69, 9.17) is 16.7 Å². The first-order chi connectivity index (χ1) is 9.52. The van der Waals surface area contributed by atoms with E-state index in [1.807, 2.05) is 0 Å². The molecule has 1 atom stereocenters. The molecular weight excluding hydrogens is 287 g/mol. The third-order valence-corrected chi connectivity index (χ3v) is 3.43. The van der Waals surface area contributed by atoms with E-state index in [0.29, 0.717) is 5.69 Å². The lowest BCUT2D eigenvalue weighted by atomic mass is 10.1. The first-order valence-corrected chi connectivity index (χ1v) is 6.54. The fourth-order valence-electron chi connectivity index (χ4n) is 2.11. The molecule has 1 heterocycles. The molecule has 1 aliphatic heterocycles. The first-order valence-electron chi connectivity index (χ1n) is 6.17. The molecule has 5 nitrogen and oxygen atoms in total. The number of nitrogens with zero attached hydrogens (tertiary/aromatic N) is 1. The molecule has 0 aliphatic carbocycles. The third-order valence-electron chi connectivity index (χ3n) is 3.12. The Morgan fingerprint density at radius 1 is 1.55 bits per heavy atom. The largest absolute Gasteiger partial charge is 0.395 e. The molecule has 0 aromatic heterocycles. The Kier molecular flexibility index (Phi) is 4.57. The number of rotatable bonds is 4. The number of aliphatic hydroxyl groups is 1. The summed E-state index contributed by atoms with van der Waals surface area (Å²) in [6.45, 7) is 0.189. The number of halogens is 2. The van der Waals surface area contributed by atoms with Crippen LogP contribution in [0.1, 0.15) is 6.42 Å². The predicted octanol–water partition coefficient (Wildman–Crippen LogP) is 0.941. The second-order valence-corrected chi connectivity index (χ2v) is 4.93. The maximum Gasteiger partial charge on any atom is 0.227 e. The van der Waals surface area contributed by atoms with Gasteiger partial charge in [0.15, 0.2) is 0 Å². The van der Waals surface area contributed by atoms with Crippen molar-refractivity contribution in [1.29, 1.82) is 0 Å². The second kappa shape index (κ2) is 6.19. The summed E-state index contributed by atoms with van der Waals surface area (Å²) < 4.78 is 13.4. The van der Waals surface area contributed by atoms with Gasteiger partial charge in [0, 0.05) is 25.2 Å². The molecule has 1 fully saturated rings. The molecule has 0 bridgehead atoms. The van der Waals surface area contributed by atoms with Crippen molar-refractivity contribution in [1.82, 2.24) is 5.32 Å². The number of aliphatic hydroxyl groups excluding tert-OH is 1. The fourth-order valence-corrected chi connectivity index (χ4v) is 2.23. The van der Waals surface area contributed by atoms with Crippen molar-refractivity contribution in [3.05, 3.63) is 29.0 Å². The average molecular weight is 301 g/mol. The van der Waals surface area contributed by atoms with E-state index in [0.717, 1.165) is 0 Å². The van der Waals surface area contributed by atoms with Gasteiger partial charge >= 0.3 is 0 Å². The Morgan fingerprint density at radius 2 is 2.30 bits per heavy atom. The molecule has 2 rings (SSSR count). The summed E-state index contributed by atoms with van der Waals surface area (Å²) in [6, 6.07) is 4.09. The molecule has 2 N–H and O–H groups in total. The normalized spacial score (nSPS) is 18.4. The topological polar surface area (TPSA) is 69.6 Å². The first kappa shape index (κ1) is 14.7. The number of amides is 2. The Balaban J connectivity index is 2.09. The number of hydrogen-bond donors (Lipinski definition) is 2. The van der Waals surface area contributed by atoms with Crippen LogP contribution in [0.3, 0.4) is 0 Å². The van der Waals surface area contributed by atoms with Gasteiger partial charge < -0.3 is 15.3 Å². The molecule has 1 aromatic rings. The maximum absolute atomic E-state index is 13.4. The Bertz CT molecular complexity index is 538. The summed E-state index contributed by atoms with van der Waals surface area (Å²) in [7, 11) is 0. The average Bonchev–Trinajstić information content (AvgIpc) is 2.81. The summed E-state index contributed by atoms with van der Waals surface area (Å²) in [6.07, 6.45) is 0.0709. The van der Waals surface area contributed by atoms with Gasteiger partial charge in [-0.2, -0.15) is 0 Å².